The lowest BCUT2D eigenvalue weighted by molar-refractivity contribution is 0.526. The van der Waals surface area contributed by atoms with Crippen LogP contribution in [0.1, 0.15) is 11.1 Å². The summed E-state index contributed by atoms with van der Waals surface area (Å²) in [6.45, 7) is 1.58. The van der Waals surface area contributed by atoms with Gasteiger partial charge in [-0.2, -0.15) is 5.10 Å². The number of H-pyrrole nitrogens is 1. The van der Waals surface area contributed by atoms with Crippen molar-refractivity contribution in [1.82, 2.24) is 15.3 Å². The first kappa shape index (κ1) is 21.6. The molecule has 3 aromatic carbocycles. The van der Waals surface area contributed by atoms with Crippen LogP contribution in [0.3, 0.4) is 0 Å². The van der Waals surface area contributed by atoms with E-state index in [1.54, 1.807) is 0 Å². The van der Waals surface area contributed by atoms with Crippen LogP contribution in [0, 0.1) is 0 Å². The summed E-state index contributed by atoms with van der Waals surface area (Å²) in [6.07, 6.45) is 0.636. The van der Waals surface area contributed by atoms with E-state index < -0.39 is 0 Å². The molecule has 0 atom stereocenters. The molecule has 5 nitrogen and oxygen atoms in total. The molecule has 1 aromatic heterocycles. The van der Waals surface area contributed by atoms with E-state index in [0.29, 0.717) is 16.5 Å². The smallest absolute Gasteiger partial charge is 0.214 e. The number of hydrazone groups is 1. The van der Waals surface area contributed by atoms with Crippen molar-refractivity contribution < 1.29 is 0 Å². The predicted molar refractivity (Wildman–Crippen MR) is 139 cm³/mol. The average Bonchev–Trinajstić information content (AvgIpc) is 3.49. The normalized spacial score (nSPS) is 13.8. The number of rotatable bonds is 5. The van der Waals surface area contributed by atoms with Crippen LogP contribution in [-0.4, -0.2) is 41.8 Å². The first-order valence-electron chi connectivity index (χ1n) is 10.8. The van der Waals surface area contributed by atoms with Crippen LogP contribution in [0.15, 0.2) is 82.9 Å². The molecule has 166 valence electrons. The van der Waals surface area contributed by atoms with Gasteiger partial charge < -0.3 is 10.3 Å². The van der Waals surface area contributed by atoms with Gasteiger partial charge in [0.2, 0.25) is 5.96 Å². The fourth-order valence-corrected chi connectivity index (χ4v) is 4.33. The molecule has 0 saturated carbocycles. The molecular weight excluding hydrogens is 453 g/mol. The largest absolute Gasteiger partial charge is 0.354 e. The molecule has 0 saturated heterocycles. The van der Waals surface area contributed by atoms with E-state index in [4.69, 9.17) is 28.3 Å². The minimum atomic E-state index is 0.636. The van der Waals surface area contributed by atoms with Crippen LogP contribution in [0.4, 0.5) is 0 Å². The molecule has 1 aliphatic heterocycles. The van der Waals surface area contributed by atoms with Gasteiger partial charge in [0.25, 0.3) is 0 Å². The minimum Gasteiger partial charge on any atom is -0.354 e. The van der Waals surface area contributed by atoms with E-state index >= 15 is 0 Å². The van der Waals surface area contributed by atoms with Crippen LogP contribution in [0.5, 0.6) is 0 Å². The van der Waals surface area contributed by atoms with E-state index in [9.17, 15) is 0 Å². The van der Waals surface area contributed by atoms with Gasteiger partial charge in [-0.05, 0) is 41.5 Å². The number of aromatic amines is 1. The van der Waals surface area contributed by atoms with Crippen LogP contribution in [0.25, 0.3) is 22.2 Å². The van der Waals surface area contributed by atoms with Crippen molar-refractivity contribution in [2.75, 3.05) is 20.1 Å². The lowest BCUT2D eigenvalue weighted by Crippen LogP contribution is -2.33. The highest BCUT2D eigenvalue weighted by Crippen LogP contribution is 2.33. The van der Waals surface area contributed by atoms with Gasteiger partial charge in [-0.15, -0.1) is 0 Å². The van der Waals surface area contributed by atoms with Crippen molar-refractivity contribution >= 4 is 45.8 Å². The maximum atomic E-state index is 6.17. The van der Waals surface area contributed by atoms with Gasteiger partial charge in [-0.25, -0.2) is 10.0 Å². The topological polar surface area (TPSA) is 55.8 Å². The standard InChI is InChI=1S/C26H23Cl2N5/c1-33(26-29-14-15-30-26)32-23(16-17-6-10-19(27)11-7-17)24-21-4-2-3-5-22(21)31-25(24)18-8-12-20(28)13-9-18/h2-13,31H,14-16H2,1H3,(H,29,30)/b32-23-. The zero-order valence-electron chi connectivity index (χ0n) is 18.1. The van der Waals surface area contributed by atoms with Gasteiger partial charge in [0.15, 0.2) is 0 Å². The lowest BCUT2D eigenvalue weighted by atomic mass is 9.96. The Labute approximate surface area is 202 Å². The summed E-state index contributed by atoms with van der Waals surface area (Å²) in [5, 5.41) is 12.7. The number of para-hydroxylation sites is 1. The van der Waals surface area contributed by atoms with E-state index in [1.807, 2.05) is 66.7 Å². The van der Waals surface area contributed by atoms with E-state index in [1.165, 1.54) is 0 Å². The minimum absolute atomic E-state index is 0.636. The Hall–Kier alpha value is -3.28. The fraction of sp³-hybridized carbons (Fsp3) is 0.154. The number of guanidine groups is 1. The third kappa shape index (κ3) is 4.61. The Morgan fingerprint density at radius 2 is 1.67 bits per heavy atom. The summed E-state index contributed by atoms with van der Waals surface area (Å²) in [6, 6.07) is 24.1. The molecule has 0 fully saturated rings. The van der Waals surface area contributed by atoms with Gasteiger partial charge in [0.05, 0.1) is 18.0 Å². The van der Waals surface area contributed by atoms with Crippen molar-refractivity contribution in [3.05, 3.63) is 94.0 Å². The van der Waals surface area contributed by atoms with Gasteiger partial charge in [-0.3, -0.25) is 0 Å². The molecule has 2 heterocycles. The van der Waals surface area contributed by atoms with E-state index in [0.717, 1.165) is 58.0 Å². The number of hydrogen-bond donors (Lipinski definition) is 2. The molecule has 33 heavy (non-hydrogen) atoms. The van der Waals surface area contributed by atoms with Crippen molar-refractivity contribution in [2.24, 2.45) is 10.1 Å². The fourth-order valence-electron chi connectivity index (χ4n) is 4.07. The highest BCUT2D eigenvalue weighted by molar-refractivity contribution is 6.31. The third-order valence-corrected chi connectivity index (χ3v) is 6.15. The Balaban J connectivity index is 1.69. The highest BCUT2D eigenvalue weighted by atomic mass is 35.5. The van der Waals surface area contributed by atoms with Gasteiger partial charge in [0, 0.05) is 46.5 Å². The van der Waals surface area contributed by atoms with Crippen LogP contribution < -0.4 is 5.32 Å². The first-order valence-corrected chi connectivity index (χ1v) is 11.5. The number of nitrogens with zero attached hydrogens (tertiary/aromatic N) is 3. The molecule has 2 N–H and O–H groups in total. The molecule has 0 bridgehead atoms. The van der Waals surface area contributed by atoms with Crippen LogP contribution in [-0.2, 0) is 6.42 Å². The van der Waals surface area contributed by atoms with Gasteiger partial charge >= 0.3 is 0 Å². The average molecular weight is 476 g/mol. The summed E-state index contributed by atoms with van der Waals surface area (Å²) < 4.78 is 0. The maximum absolute atomic E-state index is 6.17. The van der Waals surface area contributed by atoms with Crippen molar-refractivity contribution in [2.45, 2.75) is 6.42 Å². The predicted octanol–water partition coefficient (Wildman–Crippen LogP) is 5.98. The molecule has 7 heteroatoms. The summed E-state index contributed by atoms with van der Waals surface area (Å²) >= 11 is 12.3. The number of halogens is 2. The Kier molecular flexibility index (Phi) is 6.07. The maximum Gasteiger partial charge on any atom is 0.214 e. The molecule has 1 aliphatic rings. The molecular formula is C26H23Cl2N5. The monoisotopic (exact) mass is 475 g/mol. The second-order valence-corrected chi connectivity index (χ2v) is 8.81. The van der Waals surface area contributed by atoms with Gasteiger partial charge in [0.1, 0.15) is 0 Å². The number of aliphatic imine (C=N–C) groups is 1. The summed E-state index contributed by atoms with van der Waals surface area (Å²) in [5.74, 6) is 0.775. The van der Waals surface area contributed by atoms with Crippen molar-refractivity contribution in [3.63, 3.8) is 0 Å². The van der Waals surface area contributed by atoms with Crippen LogP contribution >= 0.6 is 23.2 Å². The zero-order valence-corrected chi connectivity index (χ0v) is 19.7. The number of benzene rings is 3. The number of hydrogen-bond acceptors (Lipinski definition) is 4. The molecule has 5 rings (SSSR count). The Bertz CT molecular complexity index is 1340. The summed E-state index contributed by atoms with van der Waals surface area (Å²) in [5.41, 5.74) is 6.23. The number of aromatic nitrogens is 1. The van der Waals surface area contributed by atoms with Crippen LogP contribution in [0.2, 0.25) is 10.0 Å². The number of nitrogens with one attached hydrogen (secondary N) is 2. The molecule has 0 aliphatic carbocycles. The van der Waals surface area contributed by atoms with Gasteiger partial charge in [-0.1, -0.05) is 65.7 Å². The molecule has 4 aromatic rings. The van der Waals surface area contributed by atoms with E-state index in [2.05, 4.69) is 33.5 Å². The third-order valence-electron chi connectivity index (χ3n) is 5.65. The molecule has 0 spiro atoms. The Morgan fingerprint density at radius 3 is 2.36 bits per heavy atom. The molecule has 0 radical (unpaired) electrons. The molecule has 0 amide bonds. The molecule has 0 unspecified atom stereocenters. The second-order valence-electron chi connectivity index (χ2n) is 7.93. The SMILES string of the molecule is CN(/N=C(/Cc1ccc(Cl)cc1)c1c(-c2ccc(Cl)cc2)[nH]c2ccccc12)C1=NCCN1. The summed E-state index contributed by atoms with van der Waals surface area (Å²) in [7, 11) is 1.93. The second kappa shape index (κ2) is 9.30. The number of fused-ring (bicyclic) bond motifs is 1. The quantitative estimate of drug-likeness (QED) is 0.275. The lowest BCUT2D eigenvalue weighted by Gasteiger charge is -2.17. The summed E-state index contributed by atoms with van der Waals surface area (Å²) in [4.78, 5) is 8.13. The van der Waals surface area contributed by atoms with Crippen molar-refractivity contribution in [1.29, 1.82) is 0 Å². The van der Waals surface area contributed by atoms with Crippen molar-refractivity contribution in [3.8, 4) is 11.3 Å². The highest BCUT2D eigenvalue weighted by Gasteiger charge is 2.20. The van der Waals surface area contributed by atoms with E-state index in [-0.39, 0.29) is 0 Å². The Morgan fingerprint density at radius 1 is 0.970 bits per heavy atom. The zero-order chi connectivity index (χ0) is 22.8. The first-order chi connectivity index (χ1) is 16.1.